The molecule has 0 spiro atoms. The molecule has 0 bridgehead atoms. The number of anilines is 1. The number of aromatic carboxylic acids is 1. The molecule has 70 valence electrons. The van der Waals surface area contributed by atoms with Gasteiger partial charge >= 0.3 is 5.97 Å². The highest BCUT2D eigenvalue weighted by atomic mass is 79.9. The molecule has 6 heteroatoms. The number of nitrogens with one attached hydrogen (secondary N) is 1. The van der Waals surface area contributed by atoms with Gasteiger partial charge in [0.1, 0.15) is 4.60 Å². The van der Waals surface area contributed by atoms with E-state index < -0.39 is 5.97 Å². The normalized spacial score (nSPS) is 9.69. The Morgan fingerprint density at radius 2 is 2.46 bits per heavy atom. The number of carboxylic acid groups (broad SMARTS) is 1. The fourth-order valence-corrected chi connectivity index (χ4v) is 1.09. The summed E-state index contributed by atoms with van der Waals surface area (Å²) < 4.78 is 0.409. The van der Waals surface area contributed by atoms with Gasteiger partial charge in [0, 0.05) is 6.54 Å². The van der Waals surface area contributed by atoms with Crippen molar-refractivity contribution in [3.05, 3.63) is 16.5 Å². The van der Waals surface area contributed by atoms with Crippen molar-refractivity contribution in [2.45, 2.75) is 6.92 Å². The van der Waals surface area contributed by atoms with Gasteiger partial charge in [0.2, 0.25) is 0 Å². The van der Waals surface area contributed by atoms with E-state index in [2.05, 4.69) is 31.2 Å². The molecule has 1 aromatic heterocycles. The number of aromatic nitrogens is 2. The van der Waals surface area contributed by atoms with Gasteiger partial charge in [-0.15, -0.1) is 0 Å². The molecule has 0 saturated carbocycles. The Labute approximate surface area is 83.3 Å². The fourth-order valence-electron chi connectivity index (χ4n) is 0.814. The number of carboxylic acids is 1. The van der Waals surface area contributed by atoms with Crippen molar-refractivity contribution in [2.75, 3.05) is 11.9 Å². The Hall–Kier alpha value is -1.17. The van der Waals surface area contributed by atoms with E-state index in [-0.39, 0.29) is 5.69 Å². The smallest absolute Gasteiger partial charge is 0.358 e. The Morgan fingerprint density at radius 3 is 3.00 bits per heavy atom. The van der Waals surface area contributed by atoms with Gasteiger partial charge in [-0.1, -0.05) is 0 Å². The second-order valence-electron chi connectivity index (χ2n) is 2.23. The van der Waals surface area contributed by atoms with Crippen LogP contribution in [-0.4, -0.2) is 27.6 Å². The topological polar surface area (TPSA) is 75.1 Å². The molecule has 0 radical (unpaired) electrons. The average Bonchev–Trinajstić information content (AvgIpc) is 2.08. The van der Waals surface area contributed by atoms with E-state index in [1.165, 1.54) is 6.20 Å². The van der Waals surface area contributed by atoms with Crippen LogP contribution in [0.5, 0.6) is 0 Å². The van der Waals surface area contributed by atoms with Crippen molar-refractivity contribution in [3.63, 3.8) is 0 Å². The summed E-state index contributed by atoms with van der Waals surface area (Å²) in [6.45, 7) is 2.46. The molecule has 13 heavy (non-hydrogen) atoms. The summed E-state index contributed by atoms with van der Waals surface area (Å²) in [5, 5.41) is 11.6. The van der Waals surface area contributed by atoms with Crippen LogP contribution in [0.25, 0.3) is 0 Å². The number of hydrogen-bond donors (Lipinski definition) is 2. The van der Waals surface area contributed by atoms with Gasteiger partial charge in [0.15, 0.2) is 11.5 Å². The van der Waals surface area contributed by atoms with Crippen LogP contribution in [0.1, 0.15) is 17.4 Å². The van der Waals surface area contributed by atoms with Gasteiger partial charge in [0.05, 0.1) is 6.20 Å². The van der Waals surface area contributed by atoms with Crippen LogP contribution in [0.3, 0.4) is 0 Å². The molecule has 0 atom stereocenters. The predicted octanol–water partition coefficient (Wildman–Crippen LogP) is 1.37. The zero-order valence-electron chi connectivity index (χ0n) is 6.91. The van der Waals surface area contributed by atoms with E-state index >= 15 is 0 Å². The lowest BCUT2D eigenvalue weighted by Gasteiger charge is -2.04. The Balaban J connectivity index is 3.10. The number of carbonyl (C=O) groups is 1. The van der Waals surface area contributed by atoms with Gasteiger partial charge in [-0.3, -0.25) is 0 Å². The molecule has 2 N–H and O–H groups in total. The number of hydrogen-bond acceptors (Lipinski definition) is 4. The molecule has 0 aromatic carbocycles. The van der Waals surface area contributed by atoms with Crippen LogP contribution in [0.4, 0.5) is 5.82 Å². The molecule has 1 heterocycles. The number of halogens is 1. The summed E-state index contributed by atoms with van der Waals surface area (Å²) in [4.78, 5) is 18.4. The monoisotopic (exact) mass is 245 g/mol. The van der Waals surface area contributed by atoms with Gasteiger partial charge in [-0.2, -0.15) is 0 Å². The van der Waals surface area contributed by atoms with Crippen molar-refractivity contribution in [1.82, 2.24) is 9.97 Å². The molecule has 0 fully saturated rings. The summed E-state index contributed by atoms with van der Waals surface area (Å²) in [5.41, 5.74) is -0.0729. The maximum absolute atomic E-state index is 10.7. The minimum absolute atomic E-state index is 0.0729. The van der Waals surface area contributed by atoms with Gasteiger partial charge in [-0.25, -0.2) is 14.8 Å². The van der Waals surface area contributed by atoms with Crippen molar-refractivity contribution >= 4 is 27.7 Å². The summed E-state index contributed by atoms with van der Waals surface area (Å²) in [6.07, 6.45) is 1.45. The van der Waals surface area contributed by atoms with Crippen LogP contribution in [0.15, 0.2) is 10.8 Å². The van der Waals surface area contributed by atoms with Crippen LogP contribution in [-0.2, 0) is 0 Å². The minimum Gasteiger partial charge on any atom is -0.476 e. The first-order chi connectivity index (χ1) is 6.15. The van der Waals surface area contributed by atoms with Crippen molar-refractivity contribution in [1.29, 1.82) is 0 Å². The average molecular weight is 246 g/mol. The molecule has 0 unspecified atom stereocenters. The van der Waals surface area contributed by atoms with E-state index in [0.717, 1.165) is 0 Å². The quantitative estimate of drug-likeness (QED) is 0.842. The summed E-state index contributed by atoms with van der Waals surface area (Å²) in [7, 11) is 0. The SMILES string of the molecule is CCNc1ncc(Br)nc1C(=O)O. The summed E-state index contributed by atoms with van der Waals surface area (Å²) in [6, 6.07) is 0. The Bertz CT molecular complexity index is 330. The van der Waals surface area contributed by atoms with E-state index in [1.807, 2.05) is 6.92 Å². The highest BCUT2D eigenvalue weighted by Crippen LogP contribution is 2.13. The molecule has 0 amide bonds. The van der Waals surface area contributed by atoms with Crippen molar-refractivity contribution in [2.24, 2.45) is 0 Å². The molecule has 5 nitrogen and oxygen atoms in total. The Morgan fingerprint density at radius 1 is 1.77 bits per heavy atom. The number of nitrogens with zero attached hydrogens (tertiary/aromatic N) is 2. The van der Waals surface area contributed by atoms with Crippen LogP contribution < -0.4 is 5.32 Å². The van der Waals surface area contributed by atoms with E-state index in [0.29, 0.717) is 17.0 Å². The maximum atomic E-state index is 10.7. The third-order valence-electron chi connectivity index (χ3n) is 1.29. The third-order valence-corrected chi connectivity index (χ3v) is 1.67. The Kier molecular flexibility index (Phi) is 3.18. The lowest BCUT2D eigenvalue weighted by atomic mass is 10.4. The molecule has 1 aromatic rings. The zero-order chi connectivity index (χ0) is 9.84. The van der Waals surface area contributed by atoms with Gasteiger partial charge in [0.25, 0.3) is 0 Å². The van der Waals surface area contributed by atoms with Gasteiger partial charge < -0.3 is 10.4 Å². The first-order valence-corrected chi connectivity index (χ1v) is 4.44. The molecule has 0 aliphatic rings. The lowest BCUT2D eigenvalue weighted by Crippen LogP contribution is -2.10. The predicted molar refractivity (Wildman–Crippen MR) is 50.9 cm³/mol. The zero-order valence-corrected chi connectivity index (χ0v) is 8.50. The maximum Gasteiger partial charge on any atom is 0.358 e. The summed E-state index contributed by atoms with van der Waals surface area (Å²) >= 11 is 3.05. The second-order valence-corrected chi connectivity index (χ2v) is 3.04. The fraction of sp³-hybridized carbons (Fsp3) is 0.286. The lowest BCUT2D eigenvalue weighted by molar-refractivity contribution is 0.0691. The van der Waals surface area contributed by atoms with Crippen LogP contribution >= 0.6 is 15.9 Å². The van der Waals surface area contributed by atoms with Crippen molar-refractivity contribution in [3.8, 4) is 0 Å². The molecule has 1 rings (SSSR count). The van der Waals surface area contributed by atoms with Crippen molar-refractivity contribution < 1.29 is 9.90 Å². The molecule has 0 aliphatic carbocycles. The highest BCUT2D eigenvalue weighted by molar-refractivity contribution is 9.10. The van der Waals surface area contributed by atoms with E-state index in [1.54, 1.807) is 0 Å². The van der Waals surface area contributed by atoms with E-state index in [9.17, 15) is 4.79 Å². The molecule has 0 aliphatic heterocycles. The minimum atomic E-state index is -1.09. The first-order valence-electron chi connectivity index (χ1n) is 3.65. The largest absolute Gasteiger partial charge is 0.476 e. The molecular weight excluding hydrogens is 238 g/mol. The number of rotatable bonds is 3. The van der Waals surface area contributed by atoms with Gasteiger partial charge in [-0.05, 0) is 22.9 Å². The van der Waals surface area contributed by atoms with E-state index in [4.69, 9.17) is 5.11 Å². The molecular formula is C7H8BrN3O2. The highest BCUT2D eigenvalue weighted by Gasteiger charge is 2.12. The third kappa shape index (κ3) is 2.38. The first kappa shape index (κ1) is 9.91. The van der Waals surface area contributed by atoms with Crippen LogP contribution in [0, 0.1) is 0 Å². The molecule has 0 saturated heterocycles. The summed E-state index contributed by atoms with van der Waals surface area (Å²) in [5.74, 6) is -0.803. The second kappa shape index (κ2) is 4.18. The standard InChI is InChI=1S/C7H8BrN3O2/c1-2-9-6-5(7(12)13)11-4(8)3-10-6/h3H,2H2,1H3,(H,9,10)(H,12,13). The van der Waals surface area contributed by atoms with Crippen LogP contribution in [0.2, 0.25) is 0 Å².